The Morgan fingerprint density at radius 1 is 1.54 bits per heavy atom. The van der Waals surface area contributed by atoms with E-state index in [0.29, 0.717) is 11.9 Å². The summed E-state index contributed by atoms with van der Waals surface area (Å²) in [6, 6.07) is 0. The first-order valence-corrected chi connectivity index (χ1v) is 3.65. The zero-order valence-electron chi connectivity index (χ0n) is 6.42. The summed E-state index contributed by atoms with van der Waals surface area (Å²) in [5.74, 6) is 0. The molecule has 0 aliphatic heterocycles. The Kier molecular flexibility index (Phi) is 5.51. The lowest BCUT2D eigenvalue weighted by molar-refractivity contribution is -0.440. The van der Waals surface area contributed by atoms with Crippen molar-refractivity contribution in [2.24, 2.45) is 0 Å². The van der Waals surface area contributed by atoms with Gasteiger partial charge in [-0.2, -0.15) is 0 Å². The van der Waals surface area contributed by atoms with Crippen LogP contribution < -0.4 is 4.72 Å². The second-order valence-electron chi connectivity index (χ2n) is 1.80. The number of carbonyl (C=O) groups is 1. The molecule has 0 aliphatic carbocycles. The maximum absolute atomic E-state index is 11.2. The van der Waals surface area contributed by atoms with Crippen molar-refractivity contribution < 1.29 is 27.2 Å². The van der Waals surface area contributed by atoms with Crippen molar-refractivity contribution in [3.05, 3.63) is 11.8 Å². The standard InChI is InChI=1S/C5H6F3NO3S/c1-4(3-10)2-9-13-12-11-5(6,7)8/h2-3,9H,1H3/b4-2+. The van der Waals surface area contributed by atoms with Gasteiger partial charge in [0.2, 0.25) is 0 Å². The van der Waals surface area contributed by atoms with Crippen LogP contribution in [0.4, 0.5) is 13.2 Å². The molecular formula is C5H6F3NO3S. The van der Waals surface area contributed by atoms with Gasteiger partial charge in [-0.25, -0.2) is 0 Å². The van der Waals surface area contributed by atoms with E-state index < -0.39 is 6.36 Å². The van der Waals surface area contributed by atoms with Crippen LogP contribution >= 0.6 is 12.2 Å². The van der Waals surface area contributed by atoms with Crippen LogP contribution in [0.5, 0.6) is 0 Å². The van der Waals surface area contributed by atoms with Gasteiger partial charge in [-0.3, -0.25) is 4.79 Å². The summed E-state index contributed by atoms with van der Waals surface area (Å²) in [5.41, 5.74) is 0.308. The molecule has 0 unspecified atom stereocenters. The van der Waals surface area contributed by atoms with E-state index in [1.807, 2.05) is 0 Å². The minimum Gasteiger partial charge on any atom is -0.311 e. The average molecular weight is 217 g/mol. The van der Waals surface area contributed by atoms with Crippen LogP contribution in [-0.2, 0) is 14.0 Å². The molecular weight excluding hydrogens is 211 g/mol. The Balaban J connectivity index is 3.42. The first kappa shape index (κ1) is 12.3. The van der Waals surface area contributed by atoms with Crippen LogP contribution in [0, 0.1) is 0 Å². The lowest BCUT2D eigenvalue weighted by atomic mass is 10.4. The number of halogens is 3. The van der Waals surface area contributed by atoms with Crippen LogP contribution in [0.25, 0.3) is 0 Å². The SMILES string of the molecule is C/C(C=O)=C\NSOOC(F)(F)F. The summed E-state index contributed by atoms with van der Waals surface area (Å²) in [7, 11) is 0. The van der Waals surface area contributed by atoms with E-state index in [9.17, 15) is 18.0 Å². The van der Waals surface area contributed by atoms with Crippen LogP contribution in [0.15, 0.2) is 11.8 Å². The van der Waals surface area contributed by atoms with E-state index in [-0.39, 0.29) is 12.2 Å². The molecule has 0 amide bonds. The molecule has 76 valence electrons. The van der Waals surface area contributed by atoms with Crippen molar-refractivity contribution in [1.29, 1.82) is 0 Å². The quantitative estimate of drug-likeness (QED) is 0.144. The fourth-order valence-electron chi connectivity index (χ4n) is 0.226. The Hall–Kier alpha value is -0.730. The van der Waals surface area contributed by atoms with E-state index in [2.05, 4.69) is 13.9 Å². The van der Waals surface area contributed by atoms with Gasteiger partial charge in [0.05, 0.1) is 0 Å². The topological polar surface area (TPSA) is 47.6 Å². The predicted molar refractivity (Wildman–Crippen MR) is 38.8 cm³/mol. The molecule has 4 nitrogen and oxygen atoms in total. The first-order chi connectivity index (χ1) is 5.95. The monoisotopic (exact) mass is 217 g/mol. The maximum Gasteiger partial charge on any atom is 0.550 e. The summed E-state index contributed by atoms with van der Waals surface area (Å²) in [4.78, 5) is 12.9. The molecule has 0 aliphatic rings. The highest BCUT2D eigenvalue weighted by Crippen LogP contribution is 2.18. The van der Waals surface area contributed by atoms with Gasteiger partial charge in [0, 0.05) is 11.8 Å². The van der Waals surface area contributed by atoms with Gasteiger partial charge in [0.15, 0.2) is 0 Å². The molecule has 1 N–H and O–H groups in total. The van der Waals surface area contributed by atoms with Crippen molar-refractivity contribution >= 4 is 18.5 Å². The van der Waals surface area contributed by atoms with E-state index in [1.54, 1.807) is 0 Å². The van der Waals surface area contributed by atoms with Gasteiger partial charge in [0.1, 0.15) is 18.5 Å². The molecule has 0 radical (unpaired) electrons. The third-order valence-corrected chi connectivity index (χ3v) is 1.03. The molecule has 0 rings (SSSR count). The van der Waals surface area contributed by atoms with Crippen molar-refractivity contribution in [3.63, 3.8) is 0 Å². The number of carbonyl (C=O) groups excluding carboxylic acids is 1. The van der Waals surface area contributed by atoms with E-state index in [0.717, 1.165) is 6.20 Å². The largest absolute Gasteiger partial charge is 0.550 e. The highest BCUT2D eigenvalue weighted by atomic mass is 32.2. The number of hydrogen-bond acceptors (Lipinski definition) is 5. The number of allylic oxidation sites excluding steroid dienone is 1. The Morgan fingerprint density at radius 2 is 2.15 bits per heavy atom. The number of hydrogen-bond donors (Lipinski definition) is 1. The molecule has 0 heterocycles. The number of nitrogens with one attached hydrogen (secondary N) is 1. The second-order valence-corrected chi connectivity index (χ2v) is 2.34. The van der Waals surface area contributed by atoms with Crippen molar-refractivity contribution in [2.75, 3.05) is 0 Å². The predicted octanol–water partition coefficient (Wildman–Crippen LogP) is 1.71. The van der Waals surface area contributed by atoms with Gasteiger partial charge in [-0.05, 0) is 6.92 Å². The number of aldehydes is 1. The zero-order chi connectivity index (χ0) is 10.3. The van der Waals surface area contributed by atoms with Crippen LogP contribution in [-0.4, -0.2) is 12.6 Å². The lowest BCUT2D eigenvalue weighted by Gasteiger charge is -2.03. The molecule has 13 heavy (non-hydrogen) atoms. The molecule has 0 aromatic carbocycles. The third-order valence-electron chi connectivity index (χ3n) is 0.683. The summed E-state index contributed by atoms with van der Waals surface area (Å²) in [5, 5.41) is 0. The van der Waals surface area contributed by atoms with Gasteiger partial charge in [-0.1, -0.05) is 0 Å². The van der Waals surface area contributed by atoms with Gasteiger partial charge >= 0.3 is 6.36 Å². The van der Waals surface area contributed by atoms with Gasteiger partial charge < -0.3 is 4.72 Å². The zero-order valence-corrected chi connectivity index (χ0v) is 7.24. The lowest BCUT2D eigenvalue weighted by Crippen LogP contribution is -2.12. The van der Waals surface area contributed by atoms with E-state index >= 15 is 0 Å². The van der Waals surface area contributed by atoms with Crippen molar-refractivity contribution in [2.45, 2.75) is 13.3 Å². The molecule has 0 spiro atoms. The molecule has 0 aromatic rings. The summed E-state index contributed by atoms with van der Waals surface area (Å²) < 4.78 is 39.5. The average Bonchev–Trinajstić information content (AvgIpc) is 2.01. The van der Waals surface area contributed by atoms with Crippen LogP contribution in [0.1, 0.15) is 6.92 Å². The molecule has 0 fully saturated rings. The summed E-state index contributed by atoms with van der Waals surface area (Å²) >= 11 is 0.196. The molecule has 0 saturated carbocycles. The van der Waals surface area contributed by atoms with Gasteiger partial charge in [-0.15, -0.1) is 22.4 Å². The Morgan fingerprint density at radius 3 is 2.62 bits per heavy atom. The number of alkyl halides is 3. The minimum atomic E-state index is -4.84. The summed E-state index contributed by atoms with van der Waals surface area (Å²) in [6.07, 6.45) is -3.15. The highest BCUT2D eigenvalue weighted by molar-refractivity contribution is 7.92. The van der Waals surface area contributed by atoms with Gasteiger partial charge in [0.25, 0.3) is 0 Å². The fourth-order valence-corrected chi connectivity index (χ4v) is 0.611. The van der Waals surface area contributed by atoms with Crippen LogP contribution in [0.2, 0.25) is 0 Å². The molecule has 8 heteroatoms. The van der Waals surface area contributed by atoms with E-state index in [1.165, 1.54) is 6.92 Å². The van der Waals surface area contributed by atoms with E-state index in [4.69, 9.17) is 0 Å². The second kappa shape index (κ2) is 5.84. The molecule has 0 bridgehead atoms. The Labute approximate surface area is 76.3 Å². The summed E-state index contributed by atoms with van der Waals surface area (Å²) in [6.45, 7) is 1.46. The molecule has 0 aromatic heterocycles. The third kappa shape index (κ3) is 9.18. The number of rotatable bonds is 5. The smallest absolute Gasteiger partial charge is 0.311 e. The Bertz CT molecular complexity index is 194. The van der Waals surface area contributed by atoms with Crippen LogP contribution in [0.3, 0.4) is 0 Å². The maximum atomic E-state index is 11.2. The fraction of sp³-hybridized carbons (Fsp3) is 0.400. The highest BCUT2D eigenvalue weighted by Gasteiger charge is 2.31. The van der Waals surface area contributed by atoms with Crippen molar-refractivity contribution in [3.8, 4) is 0 Å². The first-order valence-electron chi connectivity index (χ1n) is 2.91. The molecule has 0 atom stereocenters. The minimum absolute atomic E-state index is 0.196. The molecule has 0 saturated heterocycles. The normalized spacial score (nSPS) is 12.8. The van der Waals surface area contributed by atoms with Crippen molar-refractivity contribution in [1.82, 2.24) is 4.72 Å².